The highest BCUT2D eigenvalue weighted by Crippen LogP contribution is 2.29. The minimum absolute atomic E-state index is 0.448. The molecule has 0 atom stereocenters. The first-order valence-electron chi connectivity index (χ1n) is 5.23. The van der Waals surface area contributed by atoms with Gasteiger partial charge in [0.1, 0.15) is 12.4 Å². The van der Waals surface area contributed by atoms with Crippen LogP contribution in [0.2, 0.25) is 5.02 Å². The molecule has 0 fully saturated rings. The molecule has 0 saturated carbocycles. The molecule has 0 amide bonds. The maximum atomic E-state index is 6.13. The number of aromatic nitrogens is 1. The number of benzene rings is 1. The van der Waals surface area contributed by atoms with E-state index in [1.54, 1.807) is 16.8 Å². The molecule has 3 nitrogen and oxygen atoms in total. The molecule has 2 aromatic rings. The second kappa shape index (κ2) is 6.00. The zero-order valence-corrected chi connectivity index (χ0v) is 11.0. The average molecular weight is 269 g/mol. The molecule has 5 heteroatoms. The summed E-state index contributed by atoms with van der Waals surface area (Å²) >= 11 is 7.69. The number of ether oxygens (including phenoxy) is 1. The number of nitrogens with one attached hydrogen (secondary N) is 1. The van der Waals surface area contributed by atoms with E-state index in [-0.39, 0.29) is 0 Å². The molecule has 0 unspecified atom stereocenters. The van der Waals surface area contributed by atoms with Gasteiger partial charge in [0.25, 0.3) is 0 Å². The van der Waals surface area contributed by atoms with Gasteiger partial charge >= 0.3 is 0 Å². The summed E-state index contributed by atoms with van der Waals surface area (Å²) in [4.78, 5) is 4.17. The maximum Gasteiger partial charge on any atom is 0.142 e. The predicted molar refractivity (Wildman–Crippen MR) is 70.7 cm³/mol. The standard InChI is InChI=1S/C12H13ClN2OS/c1-14-5-9-3-2-4-11(13)12(9)16-6-10-7-17-8-15-10/h2-4,7-8,14H,5-6H2,1H3. The van der Waals surface area contributed by atoms with E-state index in [4.69, 9.17) is 16.3 Å². The van der Waals surface area contributed by atoms with E-state index in [9.17, 15) is 0 Å². The van der Waals surface area contributed by atoms with E-state index < -0.39 is 0 Å². The Hall–Kier alpha value is -1.10. The van der Waals surface area contributed by atoms with Gasteiger partial charge < -0.3 is 10.1 Å². The van der Waals surface area contributed by atoms with Crippen molar-refractivity contribution in [1.82, 2.24) is 10.3 Å². The van der Waals surface area contributed by atoms with E-state index in [1.165, 1.54) is 0 Å². The van der Waals surface area contributed by atoms with Crippen molar-refractivity contribution >= 4 is 22.9 Å². The van der Waals surface area contributed by atoms with Crippen LogP contribution in [-0.2, 0) is 13.2 Å². The number of nitrogens with zero attached hydrogens (tertiary/aromatic N) is 1. The fourth-order valence-corrected chi connectivity index (χ4v) is 2.29. The molecule has 90 valence electrons. The van der Waals surface area contributed by atoms with Crippen LogP contribution in [0.3, 0.4) is 0 Å². The first kappa shape index (κ1) is 12.4. The number of hydrogen-bond donors (Lipinski definition) is 1. The van der Waals surface area contributed by atoms with Crippen molar-refractivity contribution in [3.8, 4) is 5.75 Å². The Labute approximate surface area is 109 Å². The van der Waals surface area contributed by atoms with Gasteiger partial charge in [0.05, 0.1) is 16.2 Å². The summed E-state index contributed by atoms with van der Waals surface area (Å²) in [6.45, 7) is 1.18. The summed E-state index contributed by atoms with van der Waals surface area (Å²) in [7, 11) is 1.89. The maximum absolute atomic E-state index is 6.13. The second-order valence-electron chi connectivity index (χ2n) is 3.53. The summed E-state index contributed by atoms with van der Waals surface area (Å²) in [6.07, 6.45) is 0. The molecule has 0 bridgehead atoms. The lowest BCUT2D eigenvalue weighted by Gasteiger charge is -2.12. The fourth-order valence-electron chi connectivity index (χ4n) is 1.50. The van der Waals surface area contributed by atoms with E-state index >= 15 is 0 Å². The lowest BCUT2D eigenvalue weighted by Crippen LogP contribution is -2.08. The normalized spacial score (nSPS) is 10.5. The van der Waals surface area contributed by atoms with Gasteiger partial charge in [-0.2, -0.15) is 0 Å². The molecule has 17 heavy (non-hydrogen) atoms. The van der Waals surface area contributed by atoms with Gasteiger partial charge in [0.2, 0.25) is 0 Å². The molecule has 0 radical (unpaired) electrons. The summed E-state index contributed by atoms with van der Waals surface area (Å²) in [5.41, 5.74) is 3.76. The molecular weight excluding hydrogens is 256 g/mol. The molecule has 1 heterocycles. The van der Waals surface area contributed by atoms with Gasteiger partial charge in [-0.25, -0.2) is 4.98 Å². The van der Waals surface area contributed by atoms with Gasteiger partial charge in [-0.15, -0.1) is 11.3 Å². The molecule has 1 N–H and O–H groups in total. The minimum Gasteiger partial charge on any atom is -0.485 e. The second-order valence-corrected chi connectivity index (χ2v) is 4.65. The highest BCUT2D eigenvalue weighted by molar-refractivity contribution is 7.07. The number of rotatable bonds is 5. The monoisotopic (exact) mass is 268 g/mol. The average Bonchev–Trinajstić information content (AvgIpc) is 2.82. The highest BCUT2D eigenvalue weighted by Gasteiger charge is 2.08. The lowest BCUT2D eigenvalue weighted by atomic mass is 10.2. The summed E-state index contributed by atoms with van der Waals surface area (Å²) in [5.74, 6) is 0.733. The van der Waals surface area contributed by atoms with E-state index in [1.807, 2.05) is 30.6 Å². The minimum atomic E-state index is 0.448. The first-order valence-corrected chi connectivity index (χ1v) is 6.55. The lowest BCUT2D eigenvalue weighted by molar-refractivity contribution is 0.298. The van der Waals surface area contributed by atoms with Crippen molar-refractivity contribution in [3.05, 3.63) is 45.4 Å². The van der Waals surface area contributed by atoms with Crippen LogP contribution in [0.25, 0.3) is 0 Å². The molecule has 1 aromatic carbocycles. The quantitative estimate of drug-likeness (QED) is 0.905. The zero-order chi connectivity index (χ0) is 12.1. The van der Waals surface area contributed by atoms with Crippen LogP contribution in [0.5, 0.6) is 5.75 Å². The Morgan fingerprint density at radius 3 is 3.06 bits per heavy atom. The van der Waals surface area contributed by atoms with Crippen molar-refractivity contribution in [3.63, 3.8) is 0 Å². The van der Waals surface area contributed by atoms with Crippen LogP contribution in [-0.4, -0.2) is 12.0 Å². The Bertz CT molecular complexity index is 473. The fraction of sp³-hybridized carbons (Fsp3) is 0.250. The summed E-state index contributed by atoms with van der Waals surface area (Å²) < 4.78 is 5.74. The molecule has 0 aliphatic rings. The summed E-state index contributed by atoms with van der Waals surface area (Å²) in [6, 6.07) is 5.75. The first-order chi connectivity index (χ1) is 8.31. The largest absolute Gasteiger partial charge is 0.485 e. The Kier molecular flexibility index (Phi) is 4.36. The molecule has 0 spiro atoms. The molecular formula is C12H13ClN2OS. The summed E-state index contributed by atoms with van der Waals surface area (Å²) in [5, 5.41) is 5.69. The molecule has 0 aliphatic heterocycles. The predicted octanol–water partition coefficient (Wildman–Crippen LogP) is 3.09. The third-order valence-corrected chi connectivity index (χ3v) is 3.20. The van der Waals surface area contributed by atoms with Crippen LogP contribution in [0, 0.1) is 0 Å². The van der Waals surface area contributed by atoms with Crippen molar-refractivity contribution in [2.45, 2.75) is 13.2 Å². The van der Waals surface area contributed by atoms with Crippen LogP contribution >= 0.6 is 22.9 Å². The number of para-hydroxylation sites is 1. The van der Waals surface area contributed by atoms with Gasteiger partial charge in [-0.3, -0.25) is 0 Å². The Balaban J connectivity index is 2.13. The third kappa shape index (κ3) is 3.19. The van der Waals surface area contributed by atoms with E-state index in [0.717, 1.165) is 23.6 Å². The van der Waals surface area contributed by atoms with Gasteiger partial charge in [-0.1, -0.05) is 23.7 Å². The SMILES string of the molecule is CNCc1cccc(Cl)c1OCc1cscn1. The smallest absolute Gasteiger partial charge is 0.142 e. The van der Waals surface area contributed by atoms with Crippen molar-refractivity contribution in [2.24, 2.45) is 0 Å². The third-order valence-electron chi connectivity index (χ3n) is 2.26. The van der Waals surface area contributed by atoms with Crippen LogP contribution in [0.15, 0.2) is 29.1 Å². The molecule has 2 rings (SSSR count). The van der Waals surface area contributed by atoms with Crippen LogP contribution < -0.4 is 10.1 Å². The molecule has 1 aromatic heterocycles. The Morgan fingerprint density at radius 1 is 1.47 bits per heavy atom. The van der Waals surface area contributed by atoms with Gasteiger partial charge in [0, 0.05) is 17.5 Å². The van der Waals surface area contributed by atoms with Crippen LogP contribution in [0.4, 0.5) is 0 Å². The van der Waals surface area contributed by atoms with E-state index in [0.29, 0.717) is 11.6 Å². The topological polar surface area (TPSA) is 34.1 Å². The Morgan fingerprint density at radius 2 is 2.35 bits per heavy atom. The van der Waals surface area contributed by atoms with Crippen LogP contribution in [0.1, 0.15) is 11.3 Å². The number of hydrogen-bond acceptors (Lipinski definition) is 4. The number of thiazole rings is 1. The van der Waals surface area contributed by atoms with Gasteiger partial charge in [0.15, 0.2) is 0 Å². The zero-order valence-electron chi connectivity index (χ0n) is 9.44. The number of halogens is 1. The molecule has 0 aliphatic carbocycles. The van der Waals surface area contributed by atoms with E-state index in [2.05, 4.69) is 10.3 Å². The van der Waals surface area contributed by atoms with Crippen molar-refractivity contribution < 1.29 is 4.74 Å². The van der Waals surface area contributed by atoms with Crippen molar-refractivity contribution in [1.29, 1.82) is 0 Å². The molecule has 0 saturated heterocycles. The highest BCUT2D eigenvalue weighted by atomic mass is 35.5. The van der Waals surface area contributed by atoms with Gasteiger partial charge in [-0.05, 0) is 13.1 Å². The van der Waals surface area contributed by atoms with Crippen molar-refractivity contribution in [2.75, 3.05) is 7.05 Å².